The lowest BCUT2D eigenvalue weighted by atomic mass is 10.2. The van der Waals surface area contributed by atoms with Crippen LogP contribution in [0.3, 0.4) is 0 Å². The smallest absolute Gasteiger partial charge is 0.151 e. The highest BCUT2D eigenvalue weighted by Crippen LogP contribution is 2.25. The fourth-order valence-corrected chi connectivity index (χ4v) is 2.53. The third-order valence-corrected chi connectivity index (χ3v) is 3.47. The van der Waals surface area contributed by atoms with Gasteiger partial charge >= 0.3 is 0 Å². The van der Waals surface area contributed by atoms with Crippen molar-refractivity contribution in [2.75, 3.05) is 6.54 Å². The summed E-state index contributed by atoms with van der Waals surface area (Å²) in [7, 11) is 0. The van der Waals surface area contributed by atoms with Gasteiger partial charge in [0.05, 0.1) is 5.69 Å². The van der Waals surface area contributed by atoms with E-state index in [9.17, 15) is 8.78 Å². The predicted molar refractivity (Wildman–Crippen MR) is 68.7 cm³/mol. The summed E-state index contributed by atoms with van der Waals surface area (Å²) in [4.78, 5) is 0. The summed E-state index contributed by atoms with van der Waals surface area (Å²) in [6.45, 7) is 2.31. The zero-order chi connectivity index (χ0) is 13.3. The molecule has 1 aromatic heterocycles. The number of rotatable bonds is 3. The Kier molecular flexibility index (Phi) is 3.77. The zero-order valence-electron chi connectivity index (χ0n) is 9.75. The van der Waals surface area contributed by atoms with Crippen LogP contribution in [0.2, 0.25) is 0 Å². The summed E-state index contributed by atoms with van der Waals surface area (Å²) >= 11 is 3.38. The standard InChI is InChI=1S/C12H12BrF2N3/c1-7-9(4-5-16)12(13)18(17-7)11-3-2-8(14)6-10(11)15/h2-3,6H,4-5,16H2,1H3. The quantitative estimate of drug-likeness (QED) is 0.946. The Morgan fingerprint density at radius 1 is 1.39 bits per heavy atom. The maximum Gasteiger partial charge on any atom is 0.151 e. The second-order valence-electron chi connectivity index (χ2n) is 3.90. The Labute approximate surface area is 112 Å². The molecule has 2 N–H and O–H groups in total. The number of hydrogen-bond donors (Lipinski definition) is 1. The van der Waals surface area contributed by atoms with E-state index in [1.54, 1.807) is 0 Å². The highest BCUT2D eigenvalue weighted by Gasteiger charge is 2.16. The van der Waals surface area contributed by atoms with Crippen LogP contribution in [-0.4, -0.2) is 16.3 Å². The highest BCUT2D eigenvalue weighted by molar-refractivity contribution is 9.10. The molecule has 1 aromatic carbocycles. The molecular weight excluding hydrogens is 304 g/mol. The van der Waals surface area contributed by atoms with E-state index in [1.807, 2.05) is 6.92 Å². The van der Waals surface area contributed by atoms with Crippen LogP contribution in [0, 0.1) is 18.6 Å². The van der Waals surface area contributed by atoms with Gasteiger partial charge in [0.25, 0.3) is 0 Å². The van der Waals surface area contributed by atoms with Crippen LogP contribution in [-0.2, 0) is 6.42 Å². The van der Waals surface area contributed by atoms with Crippen molar-refractivity contribution in [1.82, 2.24) is 9.78 Å². The average molecular weight is 316 g/mol. The normalized spacial score (nSPS) is 10.9. The average Bonchev–Trinajstić information content (AvgIpc) is 2.58. The molecular formula is C12H12BrF2N3. The first-order chi connectivity index (χ1) is 8.54. The minimum atomic E-state index is -0.655. The third kappa shape index (κ3) is 2.30. The van der Waals surface area contributed by atoms with Crippen molar-refractivity contribution in [3.05, 3.63) is 45.7 Å². The molecule has 0 atom stereocenters. The molecule has 3 nitrogen and oxygen atoms in total. The van der Waals surface area contributed by atoms with Crippen LogP contribution in [0.1, 0.15) is 11.3 Å². The molecule has 18 heavy (non-hydrogen) atoms. The van der Waals surface area contributed by atoms with Crippen LogP contribution in [0.5, 0.6) is 0 Å². The molecule has 1 heterocycles. The maximum atomic E-state index is 13.7. The predicted octanol–water partition coefficient (Wildman–Crippen LogP) is 2.72. The number of nitrogens with two attached hydrogens (primary N) is 1. The Hall–Kier alpha value is -1.27. The van der Waals surface area contributed by atoms with E-state index in [0.29, 0.717) is 17.6 Å². The van der Waals surface area contributed by atoms with E-state index in [-0.39, 0.29) is 5.69 Å². The summed E-state index contributed by atoms with van der Waals surface area (Å²) in [6.07, 6.45) is 0.648. The molecule has 96 valence electrons. The van der Waals surface area contributed by atoms with Crippen molar-refractivity contribution in [1.29, 1.82) is 0 Å². The van der Waals surface area contributed by atoms with E-state index in [2.05, 4.69) is 21.0 Å². The zero-order valence-corrected chi connectivity index (χ0v) is 11.3. The first-order valence-corrected chi connectivity index (χ1v) is 6.23. The number of hydrogen-bond acceptors (Lipinski definition) is 2. The van der Waals surface area contributed by atoms with Crippen LogP contribution in [0.15, 0.2) is 22.8 Å². The lowest BCUT2D eigenvalue weighted by Gasteiger charge is -2.05. The van der Waals surface area contributed by atoms with Crippen molar-refractivity contribution < 1.29 is 8.78 Å². The second kappa shape index (κ2) is 5.16. The van der Waals surface area contributed by atoms with E-state index in [1.165, 1.54) is 16.8 Å². The monoisotopic (exact) mass is 315 g/mol. The minimum Gasteiger partial charge on any atom is -0.330 e. The van der Waals surface area contributed by atoms with Gasteiger partial charge in [-0.3, -0.25) is 0 Å². The van der Waals surface area contributed by atoms with Gasteiger partial charge in [-0.1, -0.05) is 0 Å². The molecule has 0 unspecified atom stereocenters. The van der Waals surface area contributed by atoms with E-state index in [4.69, 9.17) is 5.73 Å². The molecule has 0 amide bonds. The van der Waals surface area contributed by atoms with Gasteiger partial charge in [0, 0.05) is 11.6 Å². The lowest BCUT2D eigenvalue weighted by Crippen LogP contribution is -2.04. The third-order valence-electron chi connectivity index (χ3n) is 2.65. The molecule has 2 aromatic rings. The van der Waals surface area contributed by atoms with Gasteiger partial charge in [-0.2, -0.15) is 5.10 Å². The van der Waals surface area contributed by atoms with Gasteiger partial charge in [-0.05, 0) is 48.0 Å². The van der Waals surface area contributed by atoms with Gasteiger partial charge in [0.1, 0.15) is 16.1 Å². The number of halogens is 3. The molecule has 0 fully saturated rings. The molecule has 0 saturated carbocycles. The molecule has 0 bridgehead atoms. The largest absolute Gasteiger partial charge is 0.330 e. The minimum absolute atomic E-state index is 0.203. The summed E-state index contributed by atoms with van der Waals surface area (Å²) < 4.78 is 28.6. The van der Waals surface area contributed by atoms with Crippen LogP contribution < -0.4 is 5.73 Å². The first kappa shape index (κ1) is 13.2. The van der Waals surface area contributed by atoms with E-state index >= 15 is 0 Å². The van der Waals surface area contributed by atoms with E-state index < -0.39 is 11.6 Å². The fourth-order valence-electron chi connectivity index (χ4n) is 1.77. The van der Waals surface area contributed by atoms with Gasteiger partial charge in [0.15, 0.2) is 5.82 Å². The number of aryl methyl sites for hydroxylation is 1. The number of benzene rings is 1. The number of nitrogens with zero attached hydrogens (tertiary/aromatic N) is 2. The van der Waals surface area contributed by atoms with Crippen molar-refractivity contribution >= 4 is 15.9 Å². The first-order valence-electron chi connectivity index (χ1n) is 5.44. The molecule has 0 aliphatic heterocycles. The summed E-state index contributed by atoms with van der Waals surface area (Å²) in [5.74, 6) is -1.27. The van der Waals surface area contributed by atoms with Crippen molar-refractivity contribution in [3.63, 3.8) is 0 Å². The summed E-state index contributed by atoms with van der Waals surface area (Å²) in [6, 6.07) is 3.39. The Bertz CT molecular complexity index is 581. The van der Waals surface area contributed by atoms with Gasteiger partial charge in [0.2, 0.25) is 0 Å². The molecule has 6 heteroatoms. The topological polar surface area (TPSA) is 43.8 Å². The molecule has 2 rings (SSSR count). The van der Waals surface area contributed by atoms with Crippen molar-refractivity contribution in [2.45, 2.75) is 13.3 Å². The Balaban J connectivity index is 2.54. The van der Waals surface area contributed by atoms with Crippen LogP contribution in [0.4, 0.5) is 8.78 Å². The second-order valence-corrected chi connectivity index (χ2v) is 4.65. The molecule has 0 saturated heterocycles. The Morgan fingerprint density at radius 3 is 2.72 bits per heavy atom. The highest BCUT2D eigenvalue weighted by atomic mass is 79.9. The SMILES string of the molecule is Cc1nn(-c2ccc(F)cc2F)c(Br)c1CCN. The Morgan fingerprint density at radius 2 is 2.11 bits per heavy atom. The van der Waals surface area contributed by atoms with Gasteiger partial charge < -0.3 is 5.73 Å². The molecule has 0 radical (unpaired) electrons. The van der Waals surface area contributed by atoms with Crippen LogP contribution >= 0.6 is 15.9 Å². The maximum absolute atomic E-state index is 13.7. The molecule has 0 spiro atoms. The lowest BCUT2D eigenvalue weighted by molar-refractivity contribution is 0.572. The fraction of sp³-hybridized carbons (Fsp3) is 0.250. The molecule has 0 aliphatic carbocycles. The summed E-state index contributed by atoms with van der Waals surface area (Å²) in [5, 5.41) is 4.24. The van der Waals surface area contributed by atoms with Gasteiger partial charge in [-0.15, -0.1) is 0 Å². The van der Waals surface area contributed by atoms with Crippen LogP contribution in [0.25, 0.3) is 5.69 Å². The summed E-state index contributed by atoms with van der Waals surface area (Å²) in [5.41, 5.74) is 7.42. The van der Waals surface area contributed by atoms with Gasteiger partial charge in [-0.25, -0.2) is 13.5 Å². The van der Waals surface area contributed by atoms with E-state index in [0.717, 1.165) is 17.3 Å². The number of aromatic nitrogens is 2. The van der Waals surface area contributed by atoms with Crippen molar-refractivity contribution in [3.8, 4) is 5.69 Å². The van der Waals surface area contributed by atoms with Crippen molar-refractivity contribution in [2.24, 2.45) is 5.73 Å². The molecule has 0 aliphatic rings.